The van der Waals surface area contributed by atoms with E-state index in [4.69, 9.17) is 0 Å². The van der Waals surface area contributed by atoms with Gasteiger partial charge in [0.05, 0.1) is 6.10 Å². The quantitative estimate of drug-likeness (QED) is 0.847. The van der Waals surface area contributed by atoms with Crippen LogP contribution in [-0.2, 0) is 6.42 Å². The van der Waals surface area contributed by atoms with Gasteiger partial charge in [-0.1, -0.05) is 17.7 Å². The third kappa shape index (κ3) is 4.49. The molecule has 1 unspecified atom stereocenters. The van der Waals surface area contributed by atoms with Gasteiger partial charge in [-0.05, 0) is 70.9 Å². The number of rotatable bonds is 5. The Kier molecular flexibility index (Phi) is 5.16. The maximum Gasteiger partial charge on any atom is 0.0592 e. The topological polar surface area (TPSA) is 23.5 Å². The highest BCUT2D eigenvalue weighted by atomic mass is 16.3. The Hall–Kier alpha value is -0.860. The molecule has 0 heterocycles. The van der Waals surface area contributed by atoms with Crippen molar-refractivity contribution >= 4 is 0 Å². The van der Waals surface area contributed by atoms with Gasteiger partial charge in [0.1, 0.15) is 0 Å². The second kappa shape index (κ2) is 6.18. The zero-order valence-corrected chi connectivity index (χ0v) is 11.7. The van der Waals surface area contributed by atoms with Crippen LogP contribution in [0, 0.1) is 20.8 Å². The van der Waals surface area contributed by atoms with Crippen molar-refractivity contribution < 1.29 is 5.11 Å². The number of benzene rings is 1. The van der Waals surface area contributed by atoms with Crippen LogP contribution in [0.5, 0.6) is 0 Å². The summed E-state index contributed by atoms with van der Waals surface area (Å²) in [5.74, 6) is 0. The van der Waals surface area contributed by atoms with Crippen LogP contribution in [0.1, 0.15) is 28.7 Å². The predicted molar refractivity (Wildman–Crippen MR) is 73.5 cm³/mol. The third-order valence-electron chi connectivity index (χ3n) is 3.19. The van der Waals surface area contributed by atoms with Gasteiger partial charge < -0.3 is 10.0 Å². The fraction of sp³-hybridized carbons (Fsp3) is 0.600. The molecular weight excluding hydrogens is 210 g/mol. The zero-order valence-electron chi connectivity index (χ0n) is 11.7. The van der Waals surface area contributed by atoms with Gasteiger partial charge >= 0.3 is 0 Å². The van der Waals surface area contributed by atoms with Crippen molar-refractivity contribution in [1.29, 1.82) is 0 Å². The molecule has 0 saturated carbocycles. The normalized spacial score (nSPS) is 13.1. The first-order valence-electron chi connectivity index (χ1n) is 6.29. The van der Waals surface area contributed by atoms with Crippen LogP contribution in [0.2, 0.25) is 0 Å². The molecule has 2 nitrogen and oxygen atoms in total. The molecule has 96 valence electrons. The van der Waals surface area contributed by atoms with E-state index in [0.29, 0.717) is 0 Å². The minimum absolute atomic E-state index is 0.238. The summed E-state index contributed by atoms with van der Waals surface area (Å²) in [5, 5.41) is 10.0. The number of aliphatic hydroxyl groups excluding tert-OH is 1. The van der Waals surface area contributed by atoms with Crippen LogP contribution in [0.4, 0.5) is 0 Å². The van der Waals surface area contributed by atoms with E-state index in [2.05, 4.69) is 37.8 Å². The van der Waals surface area contributed by atoms with Crippen molar-refractivity contribution in [2.45, 2.75) is 39.7 Å². The summed E-state index contributed by atoms with van der Waals surface area (Å²) in [5.41, 5.74) is 5.20. The lowest BCUT2D eigenvalue weighted by Gasteiger charge is -2.17. The third-order valence-corrected chi connectivity index (χ3v) is 3.19. The highest BCUT2D eigenvalue weighted by Gasteiger charge is 2.10. The lowest BCUT2D eigenvalue weighted by Crippen LogP contribution is -2.21. The Morgan fingerprint density at radius 2 is 1.65 bits per heavy atom. The van der Waals surface area contributed by atoms with Crippen molar-refractivity contribution in [2.75, 3.05) is 20.6 Å². The molecule has 0 bridgehead atoms. The Bertz CT molecular complexity index is 348. The van der Waals surface area contributed by atoms with Crippen molar-refractivity contribution in [2.24, 2.45) is 0 Å². The number of nitrogens with zero attached hydrogens (tertiary/aromatic N) is 1. The highest BCUT2D eigenvalue weighted by molar-refractivity contribution is 5.37. The van der Waals surface area contributed by atoms with E-state index < -0.39 is 0 Å². The molecule has 0 saturated heterocycles. The van der Waals surface area contributed by atoms with Gasteiger partial charge in [0.25, 0.3) is 0 Å². The van der Waals surface area contributed by atoms with Crippen molar-refractivity contribution in [3.8, 4) is 0 Å². The van der Waals surface area contributed by atoms with Crippen LogP contribution in [-0.4, -0.2) is 36.8 Å². The average Bonchev–Trinajstić information content (AvgIpc) is 2.20. The standard InChI is InChI=1S/C15H25NO/c1-11-8-12(2)15(13(3)9-11)10-14(17)6-7-16(4)5/h8-9,14,17H,6-7,10H2,1-5H3. The predicted octanol–water partition coefficient (Wildman–Crippen LogP) is 2.47. The Labute approximate surface area is 105 Å². The smallest absolute Gasteiger partial charge is 0.0592 e. The summed E-state index contributed by atoms with van der Waals surface area (Å²) in [6, 6.07) is 4.39. The first kappa shape index (κ1) is 14.2. The van der Waals surface area contributed by atoms with Crippen molar-refractivity contribution in [3.63, 3.8) is 0 Å². The molecular formula is C15H25NO. The molecule has 0 amide bonds. The number of hydrogen-bond donors (Lipinski definition) is 1. The van der Waals surface area contributed by atoms with Gasteiger partial charge in [-0.25, -0.2) is 0 Å². The summed E-state index contributed by atoms with van der Waals surface area (Å²) >= 11 is 0. The monoisotopic (exact) mass is 235 g/mol. The molecule has 1 aromatic rings. The summed E-state index contributed by atoms with van der Waals surface area (Å²) in [7, 11) is 4.07. The van der Waals surface area contributed by atoms with Gasteiger partial charge in [0, 0.05) is 0 Å². The van der Waals surface area contributed by atoms with Crippen molar-refractivity contribution in [3.05, 3.63) is 34.4 Å². The Morgan fingerprint density at radius 1 is 1.12 bits per heavy atom. The van der Waals surface area contributed by atoms with Gasteiger partial charge in [0.15, 0.2) is 0 Å². The van der Waals surface area contributed by atoms with Gasteiger partial charge in [0.2, 0.25) is 0 Å². The molecule has 0 aliphatic heterocycles. The van der Waals surface area contributed by atoms with E-state index in [1.54, 1.807) is 0 Å². The minimum Gasteiger partial charge on any atom is -0.393 e. The van der Waals surface area contributed by atoms with Crippen LogP contribution in [0.25, 0.3) is 0 Å². The van der Waals surface area contributed by atoms with E-state index in [1.165, 1.54) is 22.3 Å². The van der Waals surface area contributed by atoms with Crippen LogP contribution in [0.15, 0.2) is 12.1 Å². The SMILES string of the molecule is Cc1cc(C)c(CC(O)CCN(C)C)c(C)c1. The highest BCUT2D eigenvalue weighted by Crippen LogP contribution is 2.18. The van der Waals surface area contributed by atoms with E-state index in [1.807, 2.05) is 14.1 Å². The lowest BCUT2D eigenvalue weighted by molar-refractivity contribution is 0.152. The number of hydrogen-bond acceptors (Lipinski definition) is 2. The molecule has 1 atom stereocenters. The lowest BCUT2D eigenvalue weighted by atomic mass is 9.94. The molecule has 0 fully saturated rings. The fourth-order valence-electron chi connectivity index (χ4n) is 2.28. The van der Waals surface area contributed by atoms with Crippen LogP contribution < -0.4 is 0 Å². The number of aliphatic hydroxyl groups is 1. The van der Waals surface area contributed by atoms with E-state index in [0.717, 1.165) is 19.4 Å². The molecule has 17 heavy (non-hydrogen) atoms. The van der Waals surface area contributed by atoms with Gasteiger partial charge in [-0.3, -0.25) is 0 Å². The van der Waals surface area contributed by atoms with Crippen molar-refractivity contribution in [1.82, 2.24) is 4.90 Å². The molecule has 0 aliphatic rings. The summed E-state index contributed by atoms with van der Waals surface area (Å²) in [4.78, 5) is 2.11. The van der Waals surface area contributed by atoms with E-state index >= 15 is 0 Å². The van der Waals surface area contributed by atoms with Crippen LogP contribution >= 0.6 is 0 Å². The number of aryl methyl sites for hydroxylation is 3. The maximum atomic E-state index is 10.0. The molecule has 1 N–H and O–H groups in total. The first-order valence-corrected chi connectivity index (χ1v) is 6.29. The van der Waals surface area contributed by atoms with Gasteiger partial charge in [-0.15, -0.1) is 0 Å². The van der Waals surface area contributed by atoms with E-state index in [9.17, 15) is 5.11 Å². The molecule has 0 aliphatic carbocycles. The molecule has 0 spiro atoms. The Balaban J connectivity index is 2.68. The average molecular weight is 235 g/mol. The zero-order chi connectivity index (χ0) is 13.0. The Morgan fingerprint density at radius 3 is 2.12 bits per heavy atom. The van der Waals surface area contributed by atoms with Gasteiger partial charge in [-0.2, -0.15) is 0 Å². The molecule has 1 aromatic carbocycles. The molecule has 2 heteroatoms. The second-order valence-corrected chi connectivity index (χ2v) is 5.33. The summed E-state index contributed by atoms with van der Waals surface area (Å²) < 4.78 is 0. The minimum atomic E-state index is -0.238. The molecule has 1 rings (SSSR count). The molecule has 0 radical (unpaired) electrons. The first-order chi connectivity index (χ1) is 7.90. The van der Waals surface area contributed by atoms with E-state index in [-0.39, 0.29) is 6.10 Å². The summed E-state index contributed by atoms with van der Waals surface area (Å²) in [6.45, 7) is 7.32. The fourth-order valence-corrected chi connectivity index (χ4v) is 2.28. The van der Waals surface area contributed by atoms with Crippen LogP contribution in [0.3, 0.4) is 0 Å². The molecule has 0 aromatic heterocycles. The maximum absolute atomic E-state index is 10.0. The summed E-state index contributed by atoms with van der Waals surface area (Å²) in [6.07, 6.45) is 1.36. The second-order valence-electron chi connectivity index (χ2n) is 5.33. The largest absolute Gasteiger partial charge is 0.393 e.